The van der Waals surface area contributed by atoms with Crippen molar-refractivity contribution in [2.45, 2.75) is 13.0 Å². The minimum absolute atomic E-state index is 0.101. The van der Waals surface area contributed by atoms with Gasteiger partial charge in [0.15, 0.2) is 6.10 Å². The van der Waals surface area contributed by atoms with Crippen LogP contribution in [0.5, 0.6) is 0 Å². The molecule has 1 atom stereocenters. The Morgan fingerprint density at radius 1 is 1.45 bits per heavy atom. The molecule has 2 rings (SSSR count). The van der Waals surface area contributed by atoms with Crippen molar-refractivity contribution >= 4 is 23.4 Å². The number of rotatable bonds is 2. The predicted molar refractivity (Wildman–Crippen MR) is 75.9 cm³/mol. The van der Waals surface area contributed by atoms with Gasteiger partial charge in [-0.15, -0.1) is 0 Å². The number of halogens is 1. The van der Waals surface area contributed by atoms with E-state index in [1.165, 1.54) is 0 Å². The molecule has 1 aliphatic heterocycles. The highest BCUT2D eigenvalue weighted by atomic mass is 35.5. The topological polar surface area (TPSA) is 58.6 Å². The van der Waals surface area contributed by atoms with Gasteiger partial charge in [-0.2, -0.15) is 0 Å². The summed E-state index contributed by atoms with van der Waals surface area (Å²) in [6, 6.07) is 5.16. The molecule has 0 aliphatic carbocycles. The van der Waals surface area contributed by atoms with Crippen molar-refractivity contribution in [2.75, 3.05) is 26.7 Å². The number of likely N-dealkylation sites (N-methyl/N-ethyl adjacent to an activating group) is 1. The van der Waals surface area contributed by atoms with Crippen LogP contribution in [0.1, 0.15) is 15.9 Å². The van der Waals surface area contributed by atoms with Crippen LogP contribution < -0.4 is 5.32 Å². The molecule has 1 aromatic rings. The maximum Gasteiger partial charge on any atom is 0.254 e. The second-order valence-electron chi connectivity index (χ2n) is 4.68. The van der Waals surface area contributed by atoms with Gasteiger partial charge >= 0.3 is 0 Å². The monoisotopic (exact) mass is 296 g/mol. The van der Waals surface area contributed by atoms with E-state index < -0.39 is 6.10 Å². The van der Waals surface area contributed by atoms with Crippen LogP contribution >= 0.6 is 11.6 Å². The summed E-state index contributed by atoms with van der Waals surface area (Å²) in [7, 11) is 1.55. The highest BCUT2D eigenvalue weighted by molar-refractivity contribution is 6.30. The predicted octanol–water partition coefficient (Wildman–Crippen LogP) is 1.24. The summed E-state index contributed by atoms with van der Waals surface area (Å²) in [5.74, 6) is -0.313. The van der Waals surface area contributed by atoms with Crippen LogP contribution in [0.15, 0.2) is 18.2 Å². The molecule has 1 saturated heterocycles. The first-order valence-electron chi connectivity index (χ1n) is 6.41. The van der Waals surface area contributed by atoms with E-state index in [1.807, 2.05) is 6.92 Å². The van der Waals surface area contributed by atoms with E-state index in [1.54, 1.807) is 30.1 Å². The fourth-order valence-corrected chi connectivity index (χ4v) is 2.42. The van der Waals surface area contributed by atoms with E-state index in [-0.39, 0.29) is 18.4 Å². The van der Waals surface area contributed by atoms with Crippen molar-refractivity contribution in [1.82, 2.24) is 10.2 Å². The van der Waals surface area contributed by atoms with Crippen LogP contribution in [0.4, 0.5) is 0 Å². The second-order valence-corrected chi connectivity index (χ2v) is 5.12. The fourth-order valence-electron chi connectivity index (χ4n) is 2.19. The number of amides is 2. The number of nitrogens with one attached hydrogen (secondary N) is 1. The lowest BCUT2D eigenvalue weighted by molar-refractivity contribution is -0.136. The minimum Gasteiger partial charge on any atom is -0.365 e. The molecule has 0 aromatic heterocycles. The number of morpholine rings is 1. The molecule has 0 saturated carbocycles. The van der Waals surface area contributed by atoms with Gasteiger partial charge in [0.05, 0.1) is 13.2 Å². The van der Waals surface area contributed by atoms with Gasteiger partial charge in [-0.3, -0.25) is 9.59 Å². The third-order valence-corrected chi connectivity index (χ3v) is 3.55. The number of hydrogen-bond acceptors (Lipinski definition) is 3. The quantitative estimate of drug-likeness (QED) is 0.893. The summed E-state index contributed by atoms with van der Waals surface area (Å²) in [6.45, 7) is 2.95. The maximum absolute atomic E-state index is 12.5. The van der Waals surface area contributed by atoms with Gasteiger partial charge in [0, 0.05) is 24.2 Å². The highest BCUT2D eigenvalue weighted by Gasteiger charge is 2.29. The van der Waals surface area contributed by atoms with Crippen molar-refractivity contribution in [3.05, 3.63) is 34.3 Å². The van der Waals surface area contributed by atoms with E-state index in [9.17, 15) is 9.59 Å². The molecule has 0 bridgehead atoms. The van der Waals surface area contributed by atoms with Crippen LogP contribution in [-0.4, -0.2) is 49.6 Å². The summed E-state index contributed by atoms with van der Waals surface area (Å²) in [5, 5.41) is 3.13. The SMILES string of the molecule is CNC(=O)C1CN(C(=O)c2ccc(Cl)cc2C)CCO1. The van der Waals surface area contributed by atoms with Gasteiger partial charge in [-0.25, -0.2) is 0 Å². The molecule has 1 unspecified atom stereocenters. The molecule has 0 spiro atoms. The van der Waals surface area contributed by atoms with Gasteiger partial charge in [-0.1, -0.05) is 11.6 Å². The van der Waals surface area contributed by atoms with E-state index in [0.29, 0.717) is 23.7 Å². The number of nitrogens with zero attached hydrogens (tertiary/aromatic N) is 1. The van der Waals surface area contributed by atoms with Gasteiger partial charge in [0.25, 0.3) is 11.8 Å². The summed E-state index contributed by atoms with van der Waals surface area (Å²) in [6.07, 6.45) is -0.606. The Morgan fingerprint density at radius 2 is 2.20 bits per heavy atom. The van der Waals surface area contributed by atoms with Crippen LogP contribution in [0.25, 0.3) is 0 Å². The smallest absolute Gasteiger partial charge is 0.254 e. The van der Waals surface area contributed by atoms with Crippen LogP contribution in [-0.2, 0) is 9.53 Å². The molecule has 0 radical (unpaired) electrons. The van der Waals surface area contributed by atoms with Gasteiger partial charge < -0.3 is 15.0 Å². The third kappa shape index (κ3) is 3.11. The lowest BCUT2D eigenvalue weighted by atomic mass is 10.1. The summed E-state index contributed by atoms with van der Waals surface area (Å²) < 4.78 is 5.37. The van der Waals surface area contributed by atoms with Crippen molar-refractivity contribution < 1.29 is 14.3 Å². The Hall–Kier alpha value is -1.59. The molecule has 5 nitrogen and oxygen atoms in total. The minimum atomic E-state index is -0.606. The Kier molecular flexibility index (Phi) is 4.62. The summed E-state index contributed by atoms with van der Waals surface area (Å²) in [5.41, 5.74) is 1.43. The Labute approximate surface area is 122 Å². The van der Waals surface area contributed by atoms with E-state index >= 15 is 0 Å². The molecular formula is C14H17ClN2O3. The molecule has 108 valence electrons. The third-order valence-electron chi connectivity index (χ3n) is 3.31. The zero-order valence-electron chi connectivity index (χ0n) is 11.5. The van der Waals surface area contributed by atoms with Crippen LogP contribution in [0.3, 0.4) is 0 Å². The Morgan fingerprint density at radius 3 is 2.85 bits per heavy atom. The number of ether oxygens (including phenoxy) is 1. The maximum atomic E-state index is 12.5. The van der Waals surface area contributed by atoms with Crippen LogP contribution in [0.2, 0.25) is 5.02 Å². The zero-order valence-corrected chi connectivity index (χ0v) is 12.2. The molecule has 1 fully saturated rings. The number of benzene rings is 1. The van der Waals surface area contributed by atoms with Gasteiger partial charge in [-0.05, 0) is 30.7 Å². The summed E-state index contributed by atoms with van der Waals surface area (Å²) in [4.78, 5) is 25.7. The first kappa shape index (κ1) is 14.8. The zero-order chi connectivity index (χ0) is 14.7. The molecule has 1 heterocycles. The first-order chi connectivity index (χ1) is 9.52. The van der Waals surface area contributed by atoms with Crippen molar-refractivity contribution in [2.24, 2.45) is 0 Å². The van der Waals surface area contributed by atoms with Gasteiger partial charge in [0.1, 0.15) is 0 Å². The first-order valence-corrected chi connectivity index (χ1v) is 6.79. The van der Waals surface area contributed by atoms with Crippen molar-refractivity contribution in [3.63, 3.8) is 0 Å². The number of carbonyl (C=O) groups excluding carboxylic acids is 2. The van der Waals surface area contributed by atoms with E-state index in [4.69, 9.17) is 16.3 Å². The Bertz CT molecular complexity index is 533. The Balaban J connectivity index is 2.14. The molecule has 6 heteroatoms. The average Bonchev–Trinajstić information content (AvgIpc) is 2.46. The molecule has 1 N–H and O–H groups in total. The van der Waals surface area contributed by atoms with Gasteiger partial charge in [0.2, 0.25) is 0 Å². The average molecular weight is 297 g/mol. The molecule has 1 aromatic carbocycles. The second kappa shape index (κ2) is 6.24. The number of carbonyl (C=O) groups is 2. The highest BCUT2D eigenvalue weighted by Crippen LogP contribution is 2.18. The lowest BCUT2D eigenvalue weighted by Crippen LogP contribution is -2.51. The fraction of sp³-hybridized carbons (Fsp3) is 0.429. The summed E-state index contributed by atoms with van der Waals surface area (Å²) >= 11 is 5.89. The molecular weight excluding hydrogens is 280 g/mol. The largest absolute Gasteiger partial charge is 0.365 e. The van der Waals surface area contributed by atoms with Crippen LogP contribution in [0, 0.1) is 6.92 Å². The van der Waals surface area contributed by atoms with Crippen molar-refractivity contribution in [3.8, 4) is 0 Å². The standard InChI is InChI=1S/C14H17ClN2O3/c1-9-7-10(15)3-4-11(9)14(19)17-5-6-20-12(8-17)13(18)16-2/h3-4,7,12H,5-6,8H2,1-2H3,(H,16,18). The van der Waals surface area contributed by atoms with E-state index in [2.05, 4.69) is 5.32 Å². The normalized spacial score (nSPS) is 18.8. The lowest BCUT2D eigenvalue weighted by Gasteiger charge is -2.32. The molecule has 2 amide bonds. The molecule has 20 heavy (non-hydrogen) atoms. The number of hydrogen-bond donors (Lipinski definition) is 1. The van der Waals surface area contributed by atoms with Crippen molar-refractivity contribution in [1.29, 1.82) is 0 Å². The van der Waals surface area contributed by atoms with E-state index in [0.717, 1.165) is 5.56 Å². The number of aryl methyl sites for hydroxylation is 1. The molecule has 1 aliphatic rings.